The van der Waals surface area contributed by atoms with Crippen molar-refractivity contribution in [1.82, 2.24) is 4.57 Å². The fourth-order valence-corrected chi connectivity index (χ4v) is 3.27. The van der Waals surface area contributed by atoms with E-state index in [1.165, 1.54) is 71.3 Å². The normalized spacial score (nSPS) is 11.7. The summed E-state index contributed by atoms with van der Waals surface area (Å²) in [6, 6.07) is 1.83. The molecule has 1 heterocycles. The van der Waals surface area contributed by atoms with Crippen LogP contribution in [0, 0.1) is 5.41 Å². The summed E-state index contributed by atoms with van der Waals surface area (Å²) in [4.78, 5) is 11.5. The van der Waals surface area contributed by atoms with Gasteiger partial charge in [0.25, 0.3) is 0 Å². The standard InChI is InChI=1S/C21H37NO2/c1-5-6-7-8-9-10-11-12-13-15-21(2,3)18-22-16-14-19(17-22)20(23)24-4/h14,16-17H,5-13,15,18H2,1-4H3. The molecule has 0 aliphatic rings. The molecule has 0 saturated carbocycles. The lowest BCUT2D eigenvalue weighted by Crippen LogP contribution is -2.19. The summed E-state index contributed by atoms with van der Waals surface area (Å²) in [7, 11) is 1.42. The Labute approximate surface area is 148 Å². The molecule has 0 atom stereocenters. The molecule has 138 valence electrons. The van der Waals surface area contributed by atoms with Crippen LogP contribution in [0.4, 0.5) is 0 Å². The molecule has 1 aromatic rings. The van der Waals surface area contributed by atoms with Crippen molar-refractivity contribution in [3.8, 4) is 0 Å². The average Bonchev–Trinajstić information content (AvgIpc) is 3.00. The summed E-state index contributed by atoms with van der Waals surface area (Å²) < 4.78 is 6.87. The number of rotatable bonds is 13. The van der Waals surface area contributed by atoms with Crippen molar-refractivity contribution >= 4 is 5.97 Å². The first-order valence-electron chi connectivity index (χ1n) is 9.72. The zero-order chi connectivity index (χ0) is 17.8. The Bertz CT molecular complexity index is 462. The number of carbonyl (C=O) groups is 1. The minimum atomic E-state index is -0.259. The van der Waals surface area contributed by atoms with Crippen LogP contribution in [-0.4, -0.2) is 17.6 Å². The second kappa shape index (κ2) is 11.3. The number of hydrogen-bond donors (Lipinski definition) is 0. The molecule has 0 saturated heterocycles. The molecule has 0 aliphatic heterocycles. The van der Waals surface area contributed by atoms with Crippen LogP contribution in [0.25, 0.3) is 0 Å². The van der Waals surface area contributed by atoms with Crippen molar-refractivity contribution in [2.24, 2.45) is 5.41 Å². The maximum absolute atomic E-state index is 11.5. The van der Waals surface area contributed by atoms with Gasteiger partial charge in [0.2, 0.25) is 0 Å². The number of unbranched alkanes of at least 4 members (excludes halogenated alkanes) is 8. The van der Waals surface area contributed by atoms with E-state index in [-0.39, 0.29) is 11.4 Å². The fraction of sp³-hybridized carbons (Fsp3) is 0.762. The summed E-state index contributed by atoms with van der Waals surface area (Å²) in [5.74, 6) is -0.259. The summed E-state index contributed by atoms with van der Waals surface area (Å²) in [5, 5.41) is 0. The Hall–Kier alpha value is -1.25. The lowest BCUT2D eigenvalue weighted by Gasteiger charge is -2.25. The van der Waals surface area contributed by atoms with Crippen molar-refractivity contribution in [3.63, 3.8) is 0 Å². The smallest absolute Gasteiger partial charge is 0.339 e. The van der Waals surface area contributed by atoms with Crippen molar-refractivity contribution < 1.29 is 9.53 Å². The summed E-state index contributed by atoms with van der Waals surface area (Å²) in [6.07, 6.45) is 17.5. The van der Waals surface area contributed by atoms with Gasteiger partial charge in [0.1, 0.15) is 0 Å². The predicted molar refractivity (Wildman–Crippen MR) is 101 cm³/mol. The molecule has 0 N–H and O–H groups in total. The molecule has 3 heteroatoms. The Kier molecular flexibility index (Phi) is 9.82. The van der Waals surface area contributed by atoms with E-state index in [1.807, 2.05) is 18.5 Å². The van der Waals surface area contributed by atoms with Crippen molar-refractivity contribution in [3.05, 3.63) is 24.0 Å². The van der Waals surface area contributed by atoms with E-state index >= 15 is 0 Å². The molecular formula is C21H37NO2. The van der Waals surface area contributed by atoms with Crippen molar-refractivity contribution in [2.75, 3.05) is 7.11 Å². The first-order valence-corrected chi connectivity index (χ1v) is 9.72. The number of hydrogen-bond acceptors (Lipinski definition) is 2. The van der Waals surface area contributed by atoms with E-state index in [0.29, 0.717) is 5.56 Å². The minimum Gasteiger partial charge on any atom is -0.465 e. The van der Waals surface area contributed by atoms with Crippen LogP contribution in [0.1, 0.15) is 95.3 Å². The highest BCUT2D eigenvalue weighted by atomic mass is 16.5. The van der Waals surface area contributed by atoms with Crippen LogP contribution in [0.15, 0.2) is 18.5 Å². The maximum Gasteiger partial charge on any atom is 0.339 e. The van der Waals surface area contributed by atoms with Gasteiger partial charge in [-0.05, 0) is 17.9 Å². The monoisotopic (exact) mass is 335 g/mol. The Balaban J connectivity index is 2.17. The number of nitrogens with zero attached hydrogens (tertiary/aromatic N) is 1. The molecule has 3 nitrogen and oxygen atoms in total. The zero-order valence-corrected chi connectivity index (χ0v) is 16.3. The molecule has 0 aliphatic carbocycles. The van der Waals surface area contributed by atoms with Gasteiger partial charge < -0.3 is 9.30 Å². The highest BCUT2D eigenvalue weighted by molar-refractivity contribution is 5.89. The van der Waals surface area contributed by atoms with Gasteiger partial charge >= 0.3 is 5.97 Å². The predicted octanol–water partition coefficient (Wildman–Crippen LogP) is 6.22. The second-order valence-electron chi connectivity index (χ2n) is 7.81. The Morgan fingerprint density at radius 2 is 1.62 bits per heavy atom. The first kappa shape index (κ1) is 20.8. The number of carbonyl (C=O) groups excluding carboxylic acids is 1. The van der Waals surface area contributed by atoms with E-state index in [9.17, 15) is 4.79 Å². The Morgan fingerprint density at radius 1 is 1.04 bits per heavy atom. The van der Waals surface area contributed by atoms with Crippen LogP contribution in [-0.2, 0) is 11.3 Å². The van der Waals surface area contributed by atoms with E-state index < -0.39 is 0 Å². The SMILES string of the molecule is CCCCCCCCCCCC(C)(C)Cn1ccc(C(=O)OC)c1. The lowest BCUT2D eigenvalue weighted by molar-refractivity contribution is 0.0600. The van der Waals surface area contributed by atoms with Crippen LogP contribution < -0.4 is 0 Å². The van der Waals surface area contributed by atoms with Crippen molar-refractivity contribution in [1.29, 1.82) is 0 Å². The van der Waals surface area contributed by atoms with Gasteiger partial charge in [-0.2, -0.15) is 0 Å². The number of ether oxygens (including phenoxy) is 1. The molecule has 0 spiro atoms. The van der Waals surface area contributed by atoms with Crippen LogP contribution in [0.3, 0.4) is 0 Å². The number of aromatic nitrogens is 1. The van der Waals surface area contributed by atoms with Crippen LogP contribution in [0.2, 0.25) is 0 Å². The fourth-order valence-electron chi connectivity index (χ4n) is 3.27. The second-order valence-corrected chi connectivity index (χ2v) is 7.81. The van der Waals surface area contributed by atoms with Gasteiger partial charge in [-0.1, -0.05) is 78.6 Å². The van der Waals surface area contributed by atoms with Gasteiger partial charge in [0.15, 0.2) is 0 Å². The molecule has 24 heavy (non-hydrogen) atoms. The van der Waals surface area contributed by atoms with Gasteiger partial charge in [-0.3, -0.25) is 0 Å². The largest absolute Gasteiger partial charge is 0.465 e. The van der Waals surface area contributed by atoms with Crippen LogP contribution >= 0.6 is 0 Å². The molecule has 1 aromatic heterocycles. The highest BCUT2D eigenvalue weighted by Crippen LogP contribution is 2.26. The molecule has 0 bridgehead atoms. The van der Waals surface area contributed by atoms with E-state index in [4.69, 9.17) is 4.74 Å². The zero-order valence-electron chi connectivity index (χ0n) is 16.3. The Morgan fingerprint density at radius 3 is 2.21 bits per heavy atom. The summed E-state index contributed by atoms with van der Waals surface area (Å²) >= 11 is 0. The van der Waals surface area contributed by atoms with E-state index in [2.05, 4.69) is 25.3 Å². The molecule has 0 fully saturated rings. The number of esters is 1. The molecule has 0 amide bonds. The topological polar surface area (TPSA) is 31.2 Å². The van der Waals surface area contributed by atoms with Gasteiger partial charge in [0.05, 0.1) is 12.7 Å². The van der Waals surface area contributed by atoms with E-state index in [0.717, 1.165) is 6.54 Å². The lowest BCUT2D eigenvalue weighted by atomic mass is 9.86. The third kappa shape index (κ3) is 8.56. The first-order chi connectivity index (χ1) is 11.5. The van der Waals surface area contributed by atoms with E-state index in [1.54, 1.807) is 0 Å². The third-order valence-electron chi connectivity index (χ3n) is 4.74. The van der Waals surface area contributed by atoms with Crippen LogP contribution in [0.5, 0.6) is 0 Å². The number of methoxy groups -OCH3 is 1. The average molecular weight is 336 g/mol. The maximum atomic E-state index is 11.5. The van der Waals surface area contributed by atoms with Crippen molar-refractivity contribution in [2.45, 2.75) is 91.5 Å². The minimum absolute atomic E-state index is 0.257. The summed E-state index contributed by atoms with van der Waals surface area (Å²) in [6.45, 7) is 7.85. The molecule has 0 aromatic carbocycles. The molecule has 0 radical (unpaired) electrons. The quantitative estimate of drug-likeness (QED) is 0.316. The van der Waals surface area contributed by atoms with Gasteiger partial charge in [-0.15, -0.1) is 0 Å². The summed E-state index contributed by atoms with van der Waals surface area (Å²) in [5.41, 5.74) is 0.893. The molecule has 1 rings (SSSR count). The molecule has 0 unspecified atom stereocenters. The highest BCUT2D eigenvalue weighted by Gasteiger charge is 2.18. The van der Waals surface area contributed by atoms with Gasteiger partial charge in [0, 0.05) is 18.9 Å². The third-order valence-corrected chi connectivity index (χ3v) is 4.74. The molecular weight excluding hydrogens is 298 g/mol. The van der Waals surface area contributed by atoms with Gasteiger partial charge in [-0.25, -0.2) is 4.79 Å².